The molecule has 0 saturated heterocycles. The molecule has 2 saturated carbocycles. The van der Waals surface area contributed by atoms with E-state index < -0.39 is 0 Å². The van der Waals surface area contributed by atoms with Crippen LogP contribution in [0.15, 0.2) is 34.3 Å². The molecule has 2 aromatic carbocycles. The van der Waals surface area contributed by atoms with Gasteiger partial charge in [-0.2, -0.15) is 0 Å². The first-order valence-corrected chi connectivity index (χ1v) is 15.2. The van der Waals surface area contributed by atoms with Crippen molar-refractivity contribution >= 4 is 23.8 Å². The smallest absolute Gasteiger partial charge is 0.144 e. The van der Waals surface area contributed by atoms with Gasteiger partial charge in [0.05, 0.1) is 0 Å². The fourth-order valence-electron chi connectivity index (χ4n) is 6.37. The quantitative estimate of drug-likeness (QED) is 0.162. The Hall–Kier alpha value is -1.91. The SMILES string of the molecule is Cc1cc(N=CCCCCCCC=Nc2cc(C)cc(C3CCCCC3)c2O)c(O)c(C2CCCCC2)c1.[Ti]. The standard InChI is InChI=1S/C34H48N2O2.Ti/c1-25-21-29(27-15-9-7-10-16-27)33(37)31(23-25)35-19-13-5-3-4-6-14-20-36-32-24-26(2)22-30(34(32)38)28-17-11-8-12-18-28;/h19-24,27-28,37-38H,3-18H2,1-2H3;. The van der Waals surface area contributed by atoms with Crippen LogP contribution in [0, 0.1) is 13.8 Å². The summed E-state index contributed by atoms with van der Waals surface area (Å²) in [5, 5.41) is 21.7. The molecule has 0 heterocycles. The summed E-state index contributed by atoms with van der Waals surface area (Å²) in [7, 11) is 0. The van der Waals surface area contributed by atoms with Gasteiger partial charge in [0, 0.05) is 34.1 Å². The molecule has 4 rings (SSSR count). The van der Waals surface area contributed by atoms with E-state index in [0.29, 0.717) is 23.3 Å². The number of hydrogen-bond acceptors (Lipinski definition) is 4. The molecule has 0 aliphatic heterocycles. The molecule has 0 amide bonds. The van der Waals surface area contributed by atoms with Crippen LogP contribution in [0.4, 0.5) is 11.4 Å². The van der Waals surface area contributed by atoms with E-state index in [-0.39, 0.29) is 21.7 Å². The van der Waals surface area contributed by atoms with Gasteiger partial charge in [0.1, 0.15) is 22.9 Å². The minimum Gasteiger partial charge on any atom is -0.505 e. The average molecular weight is 565 g/mol. The molecule has 2 N–H and O–H groups in total. The van der Waals surface area contributed by atoms with Crippen molar-refractivity contribution in [2.45, 2.75) is 128 Å². The van der Waals surface area contributed by atoms with Gasteiger partial charge in [-0.15, -0.1) is 0 Å². The van der Waals surface area contributed by atoms with Crippen molar-refractivity contribution < 1.29 is 31.9 Å². The van der Waals surface area contributed by atoms with Gasteiger partial charge in [-0.25, -0.2) is 0 Å². The first-order chi connectivity index (χ1) is 18.5. The van der Waals surface area contributed by atoms with Crippen LogP contribution >= 0.6 is 0 Å². The molecule has 210 valence electrons. The van der Waals surface area contributed by atoms with Crippen molar-refractivity contribution in [3.63, 3.8) is 0 Å². The largest absolute Gasteiger partial charge is 0.505 e. The maximum absolute atomic E-state index is 10.8. The van der Waals surface area contributed by atoms with E-state index in [2.05, 4.69) is 36.0 Å². The third-order valence-corrected chi connectivity index (χ3v) is 8.49. The van der Waals surface area contributed by atoms with Crippen molar-refractivity contribution in [3.8, 4) is 11.5 Å². The molecule has 0 radical (unpaired) electrons. The van der Waals surface area contributed by atoms with Crippen molar-refractivity contribution in [3.05, 3.63) is 46.5 Å². The maximum atomic E-state index is 10.8. The Morgan fingerprint density at radius 1 is 0.615 bits per heavy atom. The van der Waals surface area contributed by atoms with Crippen LogP contribution in [0.2, 0.25) is 0 Å². The Morgan fingerprint density at radius 2 is 1.00 bits per heavy atom. The van der Waals surface area contributed by atoms with Crippen LogP contribution < -0.4 is 0 Å². The van der Waals surface area contributed by atoms with E-state index in [4.69, 9.17) is 0 Å². The van der Waals surface area contributed by atoms with Gasteiger partial charge in [-0.1, -0.05) is 63.5 Å². The summed E-state index contributed by atoms with van der Waals surface area (Å²) in [5.74, 6) is 1.75. The monoisotopic (exact) mass is 564 g/mol. The summed E-state index contributed by atoms with van der Waals surface area (Å²) < 4.78 is 0. The Labute approximate surface area is 251 Å². The second kappa shape index (κ2) is 16.4. The second-order valence-electron chi connectivity index (χ2n) is 11.7. The molecular formula is C34H48N2O2Ti. The number of aromatic hydroxyl groups is 2. The summed E-state index contributed by atoms with van der Waals surface area (Å²) in [6.07, 6.45) is 22.7. The summed E-state index contributed by atoms with van der Waals surface area (Å²) in [4.78, 5) is 9.28. The molecule has 0 spiro atoms. The fourth-order valence-corrected chi connectivity index (χ4v) is 6.37. The van der Waals surface area contributed by atoms with Crippen LogP contribution in [0.1, 0.15) is 137 Å². The first kappa shape index (κ1) is 31.6. The van der Waals surface area contributed by atoms with E-state index in [1.807, 2.05) is 24.6 Å². The number of phenols is 2. The summed E-state index contributed by atoms with van der Waals surface area (Å²) in [6, 6.07) is 8.32. The Morgan fingerprint density at radius 3 is 1.38 bits per heavy atom. The van der Waals surface area contributed by atoms with Gasteiger partial charge < -0.3 is 10.2 Å². The summed E-state index contributed by atoms with van der Waals surface area (Å²) in [5.41, 5.74) is 6.02. The summed E-state index contributed by atoms with van der Waals surface area (Å²) >= 11 is 0. The van der Waals surface area contributed by atoms with Crippen molar-refractivity contribution in [2.75, 3.05) is 0 Å². The third kappa shape index (κ3) is 9.32. The number of hydrogen-bond donors (Lipinski definition) is 2. The van der Waals surface area contributed by atoms with Gasteiger partial charge in [-0.3, -0.25) is 9.98 Å². The van der Waals surface area contributed by atoms with E-state index in [9.17, 15) is 10.2 Å². The number of aliphatic imine (C=N–C) groups is 2. The minimum absolute atomic E-state index is 0. The third-order valence-electron chi connectivity index (χ3n) is 8.49. The number of nitrogens with zero attached hydrogens (tertiary/aromatic N) is 2. The summed E-state index contributed by atoms with van der Waals surface area (Å²) in [6.45, 7) is 4.20. The molecule has 5 heteroatoms. The van der Waals surface area contributed by atoms with Gasteiger partial charge >= 0.3 is 0 Å². The molecule has 2 aromatic rings. The molecule has 0 atom stereocenters. The second-order valence-corrected chi connectivity index (χ2v) is 11.7. The van der Waals surface area contributed by atoms with Crippen LogP contribution in [-0.4, -0.2) is 22.6 Å². The zero-order valence-electron chi connectivity index (χ0n) is 24.2. The molecule has 4 nitrogen and oxygen atoms in total. The molecular weight excluding hydrogens is 516 g/mol. The van der Waals surface area contributed by atoms with E-state index in [1.54, 1.807) is 0 Å². The van der Waals surface area contributed by atoms with Gasteiger partial charge in [0.2, 0.25) is 0 Å². The van der Waals surface area contributed by atoms with Crippen LogP contribution in [-0.2, 0) is 21.7 Å². The van der Waals surface area contributed by atoms with Crippen LogP contribution in [0.5, 0.6) is 11.5 Å². The Balaban J connectivity index is 0.00000420. The van der Waals surface area contributed by atoms with Crippen LogP contribution in [0.25, 0.3) is 0 Å². The van der Waals surface area contributed by atoms with Gasteiger partial charge in [0.15, 0.2) is 0 Å². The van der Waals surface area contributed by atoms with Crippen LogP contribution in [0.3, 0.4) is 0 Å². The van der Waals surface area contributed by atoms with Gasteiger partial charge in [-0.05, 0) is 111 Å². The topological polar surface area (TPSA) is 65.2 Å². The van der Waals surface area contributed by atoms with Crippen molar-refractivity contribution in [1.82, 2.24) is 0 Å². The normalized spacial score (nSPS) is 17.2. The Bertz CT molecular complexity index is 1010. The molecule has 0 bridgehead atoms. The number of unbranched alkanes of at least 4 members (excludes halogenated alkanes) is 5. The first-order valence-electron chi connectivity index (χ1n) is 15.2. The minimum atomic E-state index is 0. The molecule has 2 aliphatic rings. The molecule has 2 aliphatic carbocycles. The van der Waals surface area contributed by atoms with E-state index in [1.165, 1.54) is 75.3 Å². The zero-order chi connectivity index (χ0) is 26.7. The maximum Gasteiger partial charge on any atom is 0.144 e. The fraction of sp³-hybridized carbons (Fsp3) is 0.588. The molecule has 0 aromatic heterocycles. The van der Waals surface area contributed by atoms with E-state index >= 15 is 0 Å². The van der Waals surface area contributed by atoms with E-state index in [0.717, 1.165) is 61.0 Å². The van der Waals surface area contributed by atoms with Crippen molar-refractivity contribution in [2.24, 2.45) is 9.98 Å². The number of rotatable bonds is 11. The molecule has 2 fully saturated rings. The Kier molecular flexibility index (Phi) is 13.3. The number of benzene rings is 2. The number of aryl methyl sites for hydroxylation is 2. The predicted molar refractivity (Wildman–Crippen MR) is 161 cm³/mol. The van der Waals surface area contributed by atoms with Crippen molar-refractivity contribution in [1.29, 1.82) is 0 Å². The predicted octanol–water partition coefficient (Wildman–Crippen LogP) is 10.3. The van der Waals surface area contributed by atoms with Gasteiger partial charge in [0.25, 0.3) is 0 Å². The average Bonchev–Trinajstić information content (AvgIpc) is 2.93. The molecule has 39 heavy (non-hydrogen) atoms. The zero-order valence-corrected chi connectivity index (χ0v) is 25.8. The molecule has 0 unspecified atom stereocenters. The number of phenolic OH excluding ortho intramolecular Hbond substituents is 2.